The van der Waals surface area contributed by atoms with Gasteiger partial charge in [-0.3, -0.25) is 9.78 Å². The van der Waals surface area contributed by atoms with E-state index in [1.54, 1.807) is 19.9 Å². The smallest absolute Gasteiger partial charge is 0.338 e. The molecule has 0 spiro atoms. The molecule has 186 valence electrons. The quantitative estimate of drug-likeness (QED) is 0.329. The van der Waals surface area contributed by atoms with Gasteiger partial charge in [0, 0.05) is 18.8 Å². The van der Waals surface area contributed by atoms with Gasteiger partial charge in [-0.2, -0.15) is 0 Å². The maximum Gasteiger partial charge on any atom is 0.338 e. The van der Waals surface area contributed by atoms with Gasteiger partial charge in [0.15, 0.2) is 11.5 Å². The second kappa shape index (κ2) is 10.6. The Morgan fingerprint density at radius 3 is 2.54 bits per heavy atom. The average molecular weight is 484 g/mol. The Labute approximate surface area is 204 Å². The maximum absolute atomic E-state index is 14.4. The Kier molecular flexibility index (Phi) is 7.78. The van der Waals surface area contributed by atoms with Crippen LogP contribution in [0.25, 0.3) is 5.57 Å². The summed E-state index contributed by atoms with van der Waals surface area (Å²) < 4.78 is 31.2. The lowest BCUT2D eigenvalue weighted by atomic mass is 9.92. The largest absolute Gasteiger partial charge is 0.494 e. The molecular formula is C26H30FN3O5. The van der Waals surface area contributed by atoms with Gasteiger partial charge in [0.05, 0.1) is 31.0 Å². The minimum Gasteiger partial charge on any atom is -0.494 e. The summed E-state index contributed by atoms with van der Waals surface area (Å²) >= 11 is 0. The molecule has 2 heterocycles. The molecule has 1 aliphatic rings. The number of aromatic nitrogens is 1. The Morgan fingerprint density at radius 2 is 1.97 bits per heavy atom. The molecule has 9 heteroatoms. The van der Waals surface area contributed by atoms with Crippen molar-refractivity contribution in [3.8, 4) is 17.2 Å². The van der Waals surface area contributed by atoms with Crippen LogP contribution in [-0.2, 0) is 4.74 Å². The summed E-state index contributed by atoms with van der Waals surface area (Å²) in [5.74, 6) is -0.506. The van der Waals surface area contributed by atoms with Crippen molar-refractivity contribution in [2.75, 3.05) is 26.6 Å². The lowest BCUT2D eigenvalue weighted by Gasteiger charge is -2.29. The second-order valence-electron chi connectivity index (χ2n) is 8.06. The predicted octanol–water partition coefficient (Wildman–Crippen LogP) is 5.70. The van der Waals surface area contributed by atoms with E-state index in [2.05, 4.69) is 15.6 Å². The highest BCUT2D eigenvalue weighted by atomic mass is 19.1. The molecule has 1 amide bonds. The molecule has 1 unspecified atom stereocenters. The Hall–Kier alpha value is -3.88. The van der Waals surface area contributed by atoms with Gasteiger partial charge in [-0.25, -0.2) is 9.18 Å². The fourth-order valence-corrected chi connectivity index (χ4v) is 3.81. The van der Waals surface area contributed by atoms with E-state index in [-0.39, 0.29) is 28.7 Å². The van der Waals surface area contributed by atoms with E-state index < -0.39 is 11.8 Å². The van der Waals surface area contributed by atoms with E-state index >= 15 is 0 Å². The van der Waals surface area contributed by atoms with Gasteiger partial charge in [-0.1, -0.05) is 19.9 Å². The van der Waals surface area contributed by atoms with Crippen molar-refractivity contribution in [2.45, 2.75) is 34.1 Å². The summed E-state index contributed by atoms with van der Waals surface area (Å²) in [7, 11) is 4.27. The van der Waals surface area contributed by atoms with Crippen molar-refractivity contribution in [2.24, 2.45) is 5.92 Å². The molecule has 35 heavy (non-hydrogen) atoms. The topological polar surface area (TPSA) is 98.8 Å². The molecule has 3 rings (SSSR count). The van der Waals surface area contributed by atoms with E-state index in [1.807, 2.05) is 13.8 Å². The van der Waals surface area contributed by atoms with E-state index in [1.165, 1.54) is 39.6 Å². The number of esters is 1. The van der Waals surface area contributed by atoms with Crippen LogP contribution in [0.5, 0.6) is 17.2 Å². The second-order valence-corrected chi connectivity index (χ2v) is 8.06. The van der Waals surface area contributed by atoms with Gasteiger partial charge in [0.2, 0.25) is 0 Å². The number of ether oxygens (including phenoxy) is 3. The van der Waals surface area contributed by atoms with E-state index in [0.29, 0.717) is 39.7 Å². The number of amides is 1. The van der Waals surface area contributed by atoms with Crippen LogP contribution < -0.4 is 20.1 Å². The molecule has 0 saturated carbocycles. The number of halogens is 1. The molecule has 2 aromatic rings. The first-order chi connectivity index (χ1) is 16.7. The lowest BCUT2D eigenvalue weighted by Crippen LogP contribution is -2.22. The monoisotopic (exact) mass is 483 g/mol. The molecule has 8 nitrogen and oxygen atoms in total. The number of benzene rings is 1. The highest BCUT2D eigenvalue weighted by Crippen LogP contribution is 2.52. The number of rotatable bonds is 7. The van der Waals surface area contributed by atoms with Gasteiger partial charge in [0.1, 0.15) is 23.0 Å². The molecule has 1 atom stereocenters. The highest BCUT2D eigenvalue weighted by molar-refractivity contribution is 6.04. The van der Waals surface area contributed by atoms with Crippen molar-refractivity contribution in [3.63, 3.8) is 0 Å². The highest BCUT2D eigenvalue weighted by Gasteiger charge is 2.33. The molecule has 0 aliphatic carbocycles. The first-order valence-electron chi connectivity index (χ1n) is 11.3. The molecule has 2 N–H and O–H groups in total. The van der Waals surface area contributed by atoms with Gasteiger partial charge in [-0.15, -0.1) is 0 Å². The maximum atomic E-state index is 14.4. The molecule has 0 bridgehead atoms. The number of carbonyl (C=O) groups excluding carboxylic acids is 2. The van der Waals surface area contributed by atoms with Crippen LogP contribution in [0, 0.1) is 12.8 Å². The third-order valence-electron chi connectivity index (χ3n) is 6.06. The number of hydrogen-bond donors (Lipinski definition) is 2. The molecule has 0 radical (unpaired) electrons. The lowest BCUT2D eigenvalue weighted by molar-refractivity contribution is 0.0599. The van der Waals surface area contributed by atoms with Gasteiger partial charge in [0.25, 0.3) is 5.91 Å². The van der Waals surface area contributed by atoms with Gasteiger partial charge >= 0.3 is 5.97 Å². The minimum atomic E-state index is -0.550. The number of allylic oxidation sites excluding steroid dienone is 4. The van der Waals surface area contributed by atoms with E-state index in [9.17, 15) is 14.0 Å². The van der Waals surface area contributed by atoms with Crippen LogP contribution in [0.4, 0.5) is 15.8 Å². The molecular weight excluding hydrogens is 453 g/mol. The molecule has 1 aromatic carbocycles. The first-order valence-corrected chi connectivity index (χ1v) is 11.3. The Balaban J connectivity index is 2.35. The van der Waals surface area contributed by atoms with Crippen molar-refractivity contribution in [1.82, 2.24) is 10.3 Å². The number of pyridine rings is 1. The summed E-state index contributed by atoms with van der Waals surface area (Å²) in [4.78, 5) is 29.6. The van der Waals surface area contributed by atoms with Crippen molar-refractivity contribution < 1.29 is 28.2 Å². The van der Waals surface area contributed by atoms with Crippen molar-refractivity contribution in [1.29, 1.82) is 0 Å². The minimum absolute atomic E-state index is 0.0646. The number of fused-ring (bicyclic) bond motifs is 2. The summed E-state index contributed by atoms with van der Waals surface area (Å²) in [5, 5.41) is 5.85. The number of nitrogens with zero attached hydrogens (tertiary/aromatic N) is 1. The zero-order valence-electron chi connectivity index (χ0n) is 21.0. The zero-order chi connectivity index (χ0) is 25.9. The molecule has 1 aliphatic heterocycles. The van der Waals surface area contributed by atoms with Crippen LogP contribution in [0.15, 0.2) is 30.2 Å². The molecule has 1 aromatic heterocycles. The Morgan fingerprint density at radius 1 is 1.26 bits per heavy atom. The van der Waals surface area contributed by atoms with Crippen LogP contribution in [0.3, 0.4) is 0 Å². The van der Waals surface area contributed by atoms with E-state index in [0.717, 1.165) is 6.42 Å². The van der Waals surface area contributed by atoms with Crippen LogP contribution >= 0.6 is 0 Å². The number of methoxy groups -OCH3 is 2. The SMILES string of the molecule is C/C=C(F)\C=C(\c1ncc(C(=O)NC)c2c1Oc1c(C)c(C(=O)OC)cc(OC)c1N2)C(C)CC. The third kappa shape index (κ3) is 4.71. The normalized spacial score (nSPS) is 13.6. The number of carbonyl (C=O) groups is 2. The standard InChI is InChI=1S/C26H30FN3O5/c1-8-13(3)16(10-15(27)9-2)20-24-21(18(12-29-20)25(31)28-5)30-22-19(33-6)11-17(26(32)34-7)14(4)23(22)35-24/h9-13,30H,8H2,1-7H3,(H,28,31)/b15-9+,16-10+. The molecule has 0 fully saturated rings. The number of nitrogens with one attached hydrogen (secondary N) is 2. The van der Waals surface area contributed by atoms with Gasteiger partial charge in [-0.05, 0) is 43.9 Å². The average Bonchev–Trinajstić information content (AvgIpc) is 2.89. The summed E-state index contributed by atoms with van der Waals surface area (Å²) in [6, 6.07) is 1.55. The first kappa shape index (κ1) is 25.7. The summed E-state index contributed by atoms with van der Waals surface area (Å²) in [5.41, 5.74) is 2.82. The van der Waals surface area contributed by atoms with E-state index in [4.69, 9.17) is 14.2 Å². The number of anilines is 2. The van der Waals surface area contributed by atoms with Crippen LogP contribution in [0.1, 0.15) is 59.2 Å². The fourth-order valence-electron chi connectivity index (χ4n) is 3.81. The van der Waals surface area contributed by atoms with Crippen molar-refractivity contribution in [3.05, 3.63) is 52.6 Å². The van der Waals surface area contributed by atoms with Crippen LogP contribution in [0.2, 0.25) is 0 Å². The zero-order valence-corrected chi connectivity index (χ0v) is 21.0. The summed E-state index contributed by atoms with van der Waals surface area (Å²) in [6.07, 6.45) is 4.94. The fraction of sp³-hybridized carbons (Fsp3) is 0.346. The van der Waals surface area contributed by atoms with Crippen molar-refractivity contribution >= 4 is 28.8 Å². The number of hydrogen-bond acceptors (Lipinski definition) is 7. The molecule has 0 saturated heterocycles. The Bertz CT molecular complexity index is 1240. The summed E-state index contributed by atoms with van der Waals surface area (Å²) in [6.45, 7) is 7.28. The third-order valence-corrected chi connectivity index (χ3v) is 6.06. The van der Waals surface area contributed by atoms with Crippen LogP contribution in [-0.4, -0.2) is 38.1 Å². The van der Waals surface area contributed by atoms with Gasteiger partial charge < -0.3 is 24.8 Å². The predicted molar refractivity (Wildman–Crippen MR) is 132 cm³/mol.